The molecule has 0 aliphatic rings. The number of ketones is 1. The quantitative estimate of drug-likeness (QED) is 0.226. The van der Waals surface area contributed by atoms with E-state index in [1.165, 1.54) is 12.1 Å². The Morgan fingerprint density at radius 2 is 1.59 bits per heavy atom. The van der Waals surface area contributed by atoms with Crippen LogP contribution in [0.5, 0.6) is 0 Å². The first-order chi connectivity index (χ1) is 19.0. The van der Waals surface area contributed by atoms with Crippen molar-refractivity contribution in [2.24, 2.45) is 0 Å². The van der Waals surface area contributed by atoms with E-state index in [-0.39, 0.29) is 18.9 Å². The van der Waals surface area contributed by atoms with Crippen molar-refractivity contribution in [1.82, 2.24) is 14.8 Å². The van der Waals surface area contributed by atoms with Gasteiger partial charge in [0.2, 0.25) is 0 Å². The molecule has 8 heteroatoms. The fourth-order valence-electron chi connectivity index (χ4n) is 4.26. The Morgan fingerprint density at radius 3 is 2.28 bits per heavy atom. The minimum Gasteiger partial charge on any atom is -0.360 e. The number of benzene rings is 4. The van der Waals surface area contributed by atoms with E-state index in [9.17, 15) is 13.6 Å². The Kier molecular flexibility index (Phi) is 7.51. The highest BCUT2D eigenvalue weighted by atomic mass is 19.1. The number of halogens is 2. The van der Waals surface area contributed by atoms with E-state index in [4.69, 9.17) is 5.26 Å². The van der Waals surface area contributed by atoms with E-state index in [0.717, 1.165) is 17.3 Å². The maximum Gasteiger partial charge on any atom is 0.193 e. The minimum absolute atomic E-state index is 0.0968. The maximum atomic E-state index is 14.6. The smallest absolute Gasteiger partial charge is 0.193 e. The van der Waals surface area contributed by atoms with Crippen LogP contribution in [0.3, 0.4) is 0 Å². The third-order valence-corrected chi connectivity index (χ3v) is 6.37. The molecule has 0 atom stereocenters. The highest BCUT2D eigenvalue weighted by Gasteiger charge is 2.17. The lowest BCUT2D eigenvalue weighted by Gasteiger charge is -2.25. The average molecular weight is 520 g/mol. The summed E-state index contributed by atoms with van der Waals surface area (Å²) < 4.78 is 30.1. The van der Waals surface area contributed by atoms with Crippen LogP contribution in [0.2, 0.25) is 0 Å². The predicted octanol–water partition coefficient (Wildman–Crippen LogP) is 5.91. The second-order valence-electron chi connectivity index (χ2n) is 9.02. The predicted molar refractivity (Wildman–Crippen MR) is 143 cm³/mol. The van der Waals surface area contributed by atoms with E-state index in [1.807, 2.05) is 39.8 Å². The number of carbonyl (C=O) groups is 1. The molecule has 4 aromatic carbocycles. The molecule has 0 aliphatic carbocycles. The summed E-state index contributed by atoms with van der Waals surface area (Å²) in [6, 6.07) is 29.0. The second kappa shape index (κ2) is 11.5. The van der Waals surface area contributed by atoms with Gasteiger partial charge in [-0.25, -0.2) is 8.78 Å². The van der Waals surface area contributed by atoms with Gasteiger partial charge in [-0.1, -0.05) is 48.5 Å². The van der Waals surface area contributed by atoms with Crippen molar-refractivity contribution in [1.29, 1.82) is 5.26 Å². The van der Waals surface area contributed by atoms with Crippen LogP contribution in [0.1, 0.15) is 38.4 Å². The normalized spacial score (nSPS) is 10.7. The van der Waals surface area contributed by atoms with E-state index in [0.29, 0.717) is 34.6 Å². The van der Waals surface area contributed by atoms with Crippen LogP contribution in [0, 0.1) is 23.0 Å². The molecular weight excluding hydrogens is 496 g/mol. The molecule has 0 N–H and O–H groups in total. The van der Waals surface area contributed by atoms with Crippen LogP contribution in [0.4, 0.5) is 14.5 Å². The van der Waals surface area contributed by atoms with Gasteiger partial charge in [-0.2, -0.15) is 5.26 Å². The van der Waals surface area contributed by atoms with E-state index in [2.05, 4.69) is 16.3 Å². The number of nitriles is 1. The molecule has 0 saturated heterocycles. The Hall–Kier alpha value is -5.16. The van der Waals surface area contributed by atoms with Crippen LogP contribution in [-0.2, 0) is 19.6 Å². The second-order valence-corrected chi connectivity index (χ2v) is 9.02. The van der Waals surface area contributed by atoms with Gasteiger partial charge in [0.05, 0.1) is 24.7 Å². The summed E-state index contributed by atoms with van der Waals surface area (Å²) in [5.41, 5.74) is 3.71. The summed E-state index contributed by atoms with van der Waals surface area (Å²) in [5, 5.41) is 17.4. The van der Waals surface area contributed by atoms with Crippen LogP contribution >= 0.6 is 0 Å². The van der Waals surface area contributed by atoms with Gasteiger partial charge in [0.15, 0.2) is 11.6 Å². The molecule has 0 radical (unpaired) electrons. The van der Waals surface area contributed by atoms with Crippen molar-refractivity contribution in [3.63, 3.8) is 0 Å². The van der Waals surface area contributed by atoms with Crippen LogP contribution < -0.4 is 4.90 Å². The van der Waals surface area contributed by atoms with Crippen LogP contribution in [-0.4, -0.2) is 20.5 Å². The SMILES string of the molecule is N#Cc1ccc(Cn2cnnc2CN(Cc2ccc(F)cc2F)c2ccc(C(=O)c3ccccc3)cc2)cc1. The Morgan fingerprint density at radius 1 is 0.872 bits per heavy atom. The maximum absolute atomic E-state index is 14.6. The van der Waals surface area contributed by atoms with Gasteiger partial charge in [0.25, 0.3) is 0 Å². The molecular formula is C31H23F2N5O. The van der Waals surface area contributed by atoms with E-state index in [1.54, 1.807) is 54.9 Å². The fourth-order valence-corrected chi connectivity index (χ4v) is 4.26. The molecule has 0 bridgehead atoms. The molecule has 192 valence electrons. The van der Waals surface area contributed by atoms with E-state index >= 15 is 0 Å². The Bertz CT molecular complexity index is 1620. The third-order valence-electron chi connectivity index (χ3n) is 6.37. The van der Waals surface area contributed by atoms with Gasteiger partial charge >= 0.3 is 0 Å². The lowest BCUT2D eigenvalue weighted by atomic mass is 10.0. The summed E-state index contributed by atoms with van der Waals surface area (Å²) in [7, 11) is 0. The van der Waals surface area contributed by atoms with Crippen molar-refractivity contribution in [3.8, 4) is 6.07 Å². The van der Waals surface area contributed by atoms with Crippen molar-refractivity contribution in [2.45, 2.75) is 19.6 Å². The first kappa shape index (κ1) is 25.5. The van der Waals surface area contributed by atoms with Crippen molar-refractivity contribution >= 4 is 11.5 Å². The van der Waals surface area contributed by atoms with Gasteiger partial charge in [-0.3, -0.25) is 4.79 Å². The number of anilines is 1. The molecule has 5 rings (SSSR count). The zero-order valence-corrected chi connectivity index (χ0v) is 20.8. The first-order valence-electron chi connectivity index (χ1n) is 12.2. The topological polar surface area (TPSA) is 74.8 Å². The Balaban J connectivity index is 1.42. The Labute approximate surface area is 224 Å². The summed E-state index contributed by atoms with van der Waals surface area (Å²) in [4.78, 5) is 14.8. The molecule has 1 heterocycles. The zero-order valence-electron chi connectivity index (χ0n) is 20.8. The monoisotopic (exact) mass is 519 g/mol. The molecule has 0 saturated carbocycles. The first-order valence-corrected chi connectivity index (χ1v) is 12.2. The number of aromatic nitrogens is 3. The lowest BCUT2D eigenvalue weighted by Crippen LogP contribution is -2.25. The molecule has 0 spiro atoms. The fraction of sp³-hybridized carbons (Fsp3) is 0.0968. The van der Waals surface area contributed by atoms with Gasteiger partial charge in [0, 0.05) is 35.0 Å². The molecule has 6 nitrogen and oxygen atoms in total. The van der Waals surface area contributed by atoms with Crippen molar-refractivity contribution in [3.05, 3.63) is 149 Å². The standard InChI is InChI=1S/C31H23F2N5O/c32-27-13-10-26(29(33)16-27)19-37(28-14-11-25(12-15-28)31(39)24-4-2-1-3-5-24)20-30-36-35-21-38(30)18-23-8-6-22(17-34)7-9-23/h1-16,21H,18-20H2. The largest absolute Gasteiger partial charge is 0.360 e. The highest BCUT2D eigenvalue weighted by Crippen LogP contribution is 2.23. The van der Waals surface area contributed by atoms with Crippen molar-refractivity contribution < 1.29 is 13.6 Å². The van der Waals surface area contributed by atoms with Gasteiger partial charge in [0.1, 0.15) is 18.0 Å². The van der Waals surface area contributed by atoms with Crippen LogP contribution in [0.15, 0.2) is 103 Å². The summed E-state index contributed by atoms with van der Waals surface area (Å²) in [6.45, 7) is 0.901. The number of hydrogen-bond donors (Lipinski definition) is 0. The van der Waals surface area contributed by atoms with Crippen molar-refractivity contribution in [2.75, 3.05) is 4.90 Å². The number of hydrogen-bond acceptors (Lipinski definition) is 5. The average Bonchev–Trinajstić information content (AvgIpc) is 3.40. The molecule has 0 aliphatic heterocycles. The van der Waals surface area contributed by atoms with Gasteiger partial charge in [-0.05, 0) is 48.0 Å². The number of rotatable bonds is 9. The molecule has 0 fully saturated rings. The summed E-state index contributed by atoms with van der Waals surface area (Å²) >= 11 is 0. The number of carbonyl (C=O) groups excluding carboxylic acids is 1. The van der Waals surface area contributed by atoms with E-state index < -0.39 is 11.6 Å². The molecule has 39 heavy (non-hydrogen) atoms. The lowest BCUT2D eigenvalue weighted by molar-refractivity contribution is 0.103. The van der Waals surface area contributed by atoms with Gasteiger partial charge < -0.3 is 9.47 Å². The zero-order chi connectivity index (χ0) is 27.2. The summed E-state index contributed by atoms with van der Waals surface area (Å²) in [5.74, 6) is -0.754. The minimum atomic E-state index is -0.645. The molecule has 0 amide bonds. The molecule has 5 aromatic rings. The molecule has 1 aromatic heterocycles. The highest BCUT2D eigenvalue weighted by molar-refractivity contribution is 6.09. The van der Waals surface area contributed by atoms with Crippen LogP contribution in [0.25, 0.3) is 0 Å². The summed E-state index contributed by atoms with van der Waals surface area (Å²) in [6.07, 6.45) is 1.62. The third kappa shape index (κ3) is 6.05. The molecule has 0 unspecified atom stereocenters. The van der Waals surface area contributed by atoms with Gasteiger partial charge in [-0.15, -0.1) is 10.2 Å². The number of nitrogens with zero attached hydrogens (tertiary/aromatic N) is 5.